The number of carbonyl (C=O) groups is 1. The Balaban J connectivity index is 2.89. The van der Waals surface area contributed by atoms with Crippen LogP contribution in [0, 0.1) is 0 Å². The number of alkyl halides is 1. The van der Waals surface area contributed by atoms with Crippen LogP contribution in [0.25, 0.3) is 0 Å². The minimum atomic E-state index is -1.94. The van der Waals surface area contributed by atoms with Gasteiger partial charge in [-0.1, -0.05) is 83.9 Å². The van der Waals surface area contributed by atoms with E-state index in [0.717, 1.165) is 12.8 Å². The molecule has 3 atom stereocenters. The summed E-state index contributed by atoms with van der Waals surface area (Å²) in [6.45, 7) is 16.0. The van der Waals surface area contributed by atoms with E-state index in [4.69, 9.17) is 9.16 Å². The second-order valence-electron chi connectivity index (χ2n) is 8.18. The molecule has 0 aromatic carbocycles. The van der Waals surface area contributed by atoms with Gasteiger partial charge in [-0.25, -0.2) is 0 Å². The van der Waals surface area contributed by atoms with Crippen molar-refractivity contribution in [2.45, 2.75) is 113 Å². The lowest BCUT2D eigenvalue weighted by atomic mass is 10.0. The van der Waals surface area contributed by atoms with E-state index in [1.807, 2.05) is 0 Å². The molecule has 1 rings (SSSR count). The van der Waals surface area contributed by atoms with Crippen molar-refractivity contribution in [3.05, 3.63) is 0 Å². The topological polar surface area (TPSA) is 35.5 Å². The smallest absolute Gasteiger partial charge is 0.308 e. The summed E-state index contributed by atoms with van der Waals surface area (Å²) in [6, 6.07) is 0. The molecule has 0 spiro atoms. The molecule has 1 fully saturated rings. The van der Waals surface area contributed by atoms with Crippen molar-refractivity contribution in [1.29, 1.82) is 0 Å². The Hall–Kier alpha value is 0.377. The summed E-state index contributed by atoms with van der Waals surface area (Å²) in [5, 5.41) is 0. The van der Waals surface area contributed by atoms with E-state index in [-0.39, 0.29) is 18.2 Å². The van der Waals surface area contributed by atoms with Crippen LogP contribution in [0.4, 0.5) is 0 Å². The molecule has 0 aromatic rings. The molecule has 0 saturated carbocycles. The van der Waals surface area contributed by atoms with Crippen LogP contribution >= 0.6 is 22.6 Å². The number of esters is 1. The molecule has 3 nitrogen and oxygen atoms in total. The first-order chi connectivity index (χ1) is 11.1. The zero-order valence-corrected chi connectivity index (χ0v) is 19.8. The van der Waals surface area contributed by atoms with Gasteiger partial charge in [-0.15, -0.1) is 0 Å². The summed E-state index contributed by atoms with van der Waals surface area (Å²) in [5.74, 6) is -0.0754. The predicted octanol–water partition coefficient (Wildman–Crippen LogP) is 6.25. The van der Waals surface area contributed by atoms with Crippen molar-refractivity contribution in [2.75, 3.05) is 0 Å². The van der Waals surface area contributed by atoms with Gasteiger partial charge in [-0.2, -0.15) is 0 Å². The Morgan fingerprint density at radius 3 is 2.17 bits per heavy atom. The molecule has 1 heterocycles. The van der Waals surface area contributed by atoms with Gasteiger partial charge in [-0.3, -0.25) is 4.79 Å². The second kappa shape index (κ2) is 9.90. The minimum Gasteiger partial charge on any atom is -0.461 e. The van der Waals surface area contributed by atoms with Gasteiger partial charge in [0.15, 0.2) is 0 Å². The fraction of sp³-hybridized carbons (Fsp3) is 0.947. The van der Waals surface area contributed by atoms with Crippen LogP contribution in [0.5, 0.6) is 0 Å². The molecule has 1 saturated heterocycles. The van der Waals surface area contributed by atoms with Gasteiger partial charge < -0.3 is 9.16 Å². The van der Waals surface area contributed by atoms with Gasteiger partial charge in [-0.05, 0) is 23.0 Å². The molecule has 1 aliphatic heterocycles. The highest BCUT2D eigenvalue weighted by Gasteiger charge is 2.48. The number of hydrogen-bond acceptors (Lipinski definition) is 3. The lowest BCUT2D eigenvalue weighted by molar-refractivity contribution is -0.159. The summed E-state index contributed by atoms with van der Waals surface area (Å²) >= 11 is 2.46. The Kier molecular flexibility index (Phi) is 9.25. The zero-order chi connectivity index (χ0) is 18.5. The maximum atomic E-state index is 12.2. The molecular weight excluding hydrogens is 431 g/mol. The largest absolute Gasteiger partial charge is 0.461 e. The van der Waals surface area contributed by atoms with Crippen molar-refractivity contribution < 1.29 is 14.0 Å². The fourth-order valence-electron chi connectivity index (χ4n) is 4.39. The van der Waals surface area contributed by atoms with Crippen LogP contribution in [0.3, 0.4) is 0 Å². The SMILES string of the molecule is CCCC[C@H](I)[C@H]1C[C@@H](O[Si](C(C)C)(C(C)C)C(C)C)CC(=O)O1. The monoisotopic (exact) mass is 468 g/mol. The molecule has 24 heavy (non-hydrogen) atoms. The van der Waals surface area contributed by atoms with Crippen molar-refractivity contribution in [2.24, 2.45) is 0 Å². The lowest BCUT2D eigenvalue weighted by Crippen LogP contribution is -2.52. The molecule has 142 valence electrons. The molecule has 0 aromatic heterocycles. The summed E-state index contributed by atoms with van der Waals surface area (Å²) in [5.41, 5.74) is 1.64. The van der Waals surface area contributed by atoms with Gasteiger partial charge in [0.2, 0.25) is 8.32 Å². The molecule has 0 N–H and O–H groups in total. The number of hydrogen-bond donors (Lipinski definition) is 0. The molecular formula is C19H37IO3Si. The highest BCUT2D eigenvalue weighted by Crippen LogP contribution is 2.44. The number of ether oxygens (including phenoxy) is 1. The standard InChI is InChI=1S/C19H37IO3Si/c1-8-9-10-17(20)18-11-16(12-19(21)22-18)23-24(13(2)3,14(4)5)15(6)7/h13-18H,8-12H2,1-7H3/t16-,17+,18-/m1/s1. The first-order valence-corrected chi connectivity index (χ1v) is 13.0. The molecule has 0 radical (unpaired) electrons. The summed E-state index contributed by atoms with van der Waals surface area (Å²) < 4.78 is 12.9. The van der Waals surface area contributed by atoms with Crippen LogP contribution < -0.4 is 0 Å². The van der Waals surface area contributed by atoms with Gasteiger partial charge in [0, 0.05) is 10.3 Å². The maximum absolute atomic E-state index is 12.2. The Morgan fingerprint density at radius 2 is 1.71 bits per heavy atom. The highest BCUT2D eigenvalue weighted by atomic mass is 127. The van der Waals surface area contributed by atoms with E-state index in [2.05, 4.69) is 71.1 Å². The molecule has 0 unspecified atom stereocenters. The van der Waals surface area contributed by atoms with Gasteiger partial charge in [0.1, 0.15) is 6.10 Å². The van der Waals surface area contributed by atoms with Crippen LogP contribution in [0.15, 0.2) is 0 Å². The number of carbonyl (C=O) groups excluding carboxylic acids is 1. The average molecular weight is 468 g/mol. The second-order valence-corrected chi connectivity index (χ2v) is 15.2. The summed E-state index contributed by atoms with van der Waals surface area (Å²) in [7, 11) is -1.94. The zero-order valence-electron chi connectivity index (χ0n) is 16.6. The first-order valence-electron chi connectivity index (χ1n) is 9.66. The van der Waals surface area contributed by atoms with Gasteiger partial charge >= 0.3 is 5.97 Å². The van der Waals surface area contributed by atoms with E-state index in [1.165, 1.54) is 12.8 Å². The van der Waals surface area contributed by atoms with Gasteiger partial charge in [0.25, 0.3) is 0 Å². The third-order valence-electron chi connectivity index (χ3n) is 5.49. The molecule has 0 aliphatic carbocycles. The predicted molar refractivity (Wildman–Crippen MR) is 112 cm³/mol. The number of cyclic esters (lactones) is 1. The van der Waals surface area contributed by atoms with Crippen molar-refractivity contribution in [1.82, 2.24) is 0 Å². The molecule has 0 amide bonds. The molecule has 1 aliphatic rings. The van der Waals surface area contributed by atoms with Crippen LogP contribution in [-0.4, -0.2) is 30.4 Å². The number of halogens is 1. The summed E-state index contributed by atoms with van der Waals surface area (Å²) in [4.78, 5) is 12.2. The van der Waals surface area contributed by atoms with E-state index < -0.39 is 8.32 Å². The van der Waals surface area contributed by atoms with Crippen LogP contribution in [0.2, 0.25) is 16.6 Å². The molecule has 0 bridgehead atoms. The summed E-state index contributed by atoms with van der Waals surface area (Å²) in [6.07, 6.45) is 4.83. The number of unbranched alkanes of at least 4 members (excludes halogenated alkanes) is 1. The third kappa shape index (κ3) is 5.43. The fourth-order valence-corrected chi connectivity index (χ4v) is 10.8. The van der Waals surface area contributed by atoms with Crippen molar-refractivity contribution >= 4 is 36.9 Å². The highest BCUT2D eigenvalue weighted by molar-refractivity contribution is 14.1. The quantitative estimate of drug-likeness (QED) is 0.174. The average Bonchev–Trinajstić information content (AvgIpc) is 2.48. The Morgan fingerprint density at radius 1 is 1.17 bits per heavy atom. The molecule has 5 heteroatoms. The lowest BCUT2D eigenvalue weighted by Gasteiger charge is -2.46. The Bertz CT molecular complexity index is 376. The van der Waals surface area contributed by atoms with Crippen molar-refractivity contribution in [3.8, 4) is 0 Å². The maximum Gasteiger partial charge on any atom is 0.308 e. The van der Waals surface area contributed by atoms with E-state index >= 15 is 0 Å². The first kappa shape index (κ1) is 22.4. The number of rotatable bonds is 9. The van der Waals surface area contributed by atoms with Crippen LogP contribution in [0.1, 0.15) is 80.6 Å². The normalized spacial score (nSPS) is 23.9. The minimum absolute atomic E-state index is 0.0154. The Labute approximate surface area is 163 Å². The van der Waals surface area contributed by atoms with Gasteiger partial charge in [0.05, 0.1) is 12.5 Å². The van der Waals surface area contributed by atoms with E-state index in [1.54, 1.807) is 0 Å². The van der Waals surface area contributed by atoms with Crippen LogP contribution in [-0.2, 0) is 14.0 Å². The van der Waals surface area contributed by atoms with E-state index in [9.17, 15) is 4.79 Å². The van der Waals surface area contributed by atoms with Crippen molar-refractivity contribution in [3.63, 3.8) is 0 Å². The third-order valence-corrected chi connectivity index (χ3v) is 13.1. The van der Waals surface area contributed by atoms with E-state index in [0.29, 0.717) is 27.0 Å².